The highest BCUT2D eigenvalue weighted by molar-refractivity contribution is 7.80. The van der Waals surface area contributed by atoms with E-state index in [0.717, 1.165) is 19.3 Å². The van der Waals surface area contributed by atoms with Crippen LogP contribution < -0.4 is 5.73 Å². The first-order valence-corrected chi connectivity index (χ1v) is 8.19. The van der Waals surface area contributed by atoms with Crippen LogP contribution in [0.4, 0.5) is 0 Å². The van der Waals surface area contributed by atoms with E-state index in [1.54, 1.807) is 0 Å². The Morgan fingerprint density at radius 2 is 1.86 bits per heavy atom. The van der Waals surface area contributed by atoms with Gasteiger partial charge in [0.2, 0.25) is 5.91 Å². The summed E-state index contributed by atoms with van der Waals surface area (Å²) in [6, 6.07) is 10.6. The van der Waals surface area contributed by atoms with Crippen LogP contribution in [0.1, 0.15) is 44.1 Å². The summed E-state index contributed by atoms with van der Waals surface area (Å²) in [5, 5.41) is 0. The highest BCUT2D eigenvalue weighted by Gasteiger charge is 2.26. The van der Waals surface area contributed by atoms with Crippen LogP contribution in [0, 0.1) is 0 Å². The number of hydrogen-bond donors (Lipinski definition) is 1. The second-order valence-corrected chi connectivity index (χ2v) is 6.25. The van der Waals surface area contributed by atoms with E-state index in [1.165, 1.54) is 18.4 Å². The van der Waals surface area contributed by atoms with Crippen molar-refractivity contribution < 1.29 is 4.79 Å². The molecule has 1 aromatic carbocycles. The van der Waals surface area contributed by atoms with E-state index in [2.05, 4.69) is 12.1 Å². The van der Waals surface area contributed by atoms with Crippen molar-refractivity contribution >= 4 is 23.1 Å². The van der Waals surface area contributed by atoms with Crippen molar-refractivity contribution in [3.05, 3.63) is 35.9 Å². The molecular weight excluding hydrogens is 280 g/mol. The van der Waals surface area contributed by atoms with Gasteiger partial charge in [-0.2, -0.15) is 0 Å². The molecule has 1 fully saturated rings. The van der Waals surface area contributed by atoms with Crippen molar-refractivity contribution in [1.82, 2.24) is 4.90 Å². The van der Waals surface area contributed by atoms with Gasteiger partial charge >= 0.3 is 0 Å². The number of hydrogen-bond acceptors (Lipinski definition) is 2. The van der Waals surface area contributed by atoms with E-state index in [4.69, 9.17) is 18.0 Å². The second kappa shape index (κ2) is 8.13. The maximum absolute atomic E-state index is 12.6. The van der Waals surface area contributed by atoms with Gasteiger partial charge in [0.05, 0.1) is 4.99 Å². The molecule has 2 rings (SSSR count). The van der Waals surface area contributed by atoms with Gasteiger partial charge in [-0.05, 0) is 24.8 Å². The summed E-state index contributed by atoms with van der Waals surface area (Å²) in [7, 11) is 0. The van der Waals surface area contributed by atoms with E-state index < -0.39 is 0 Å². The molecule has 1 aliphatic rings. The molecule has 0 aliphatic heterocycles. The Hall–Kier alpha value is -1.42. The van der Waals surface area contributed by atoms with Gasteiger partial charge in [-0.3, -0.25) is 4.79 Å². The first kappa shape index (κ1) is 16.0. The van der Waals surface area contributed by atoms with Crippen molar-refractivity contribution in [3.8, 4) is 0 Å². The molecule has 2 N–H and O–H groups in total. The number of nitrogens with zero attached hydrogens (tertiary/aromatic N) is 1. The Kier molecular flexibility index (Phi) is 6.18. The Bertz CT molecular complexity index is 469. The van der Waals surface area contributed by atoms with Gasteiger partial charge in [0, 0.05) is 25.4 Å². The van der Waals surface area contributed by atoms with E-state index in [1.807, 2.05) is 23.1 Å². The molecule has 0 saturated heterocycles. The highest BCUT2D eigenvalue weighted by Crippen LogP contribution is 2.24. The number of carbonyl (C=O) groups is 1. The maximum Gasteiger partial charge on any atom is 0.223 e. The molecule has 114 valence electrons. The van der Waals surface area contributed by atoms with Crippen LogP contribution in [0.15, 0.2) is 30.3 Å². The molecule has 0 atom stereocenters. The Morgan fingerprint density at radius 3 is 2.48 bits per heavy atom. The summed E-state index contributed by atoms with van der Waals surface area (Å²) < 4.78 is 0. The minimum Gasteiger partial charge on any atom is -0.393 e. The van der Waals surface area contributed by atoms with Crippen LogP contribution in [0.25, 0.3) is 0 Å². The Balaban J connectivity index is 1.91. The van der Waals surface area contributed by atoms with Crippen molar-refractivity contribution in [2.24, 2.45) is 5.73 Å². The number of nitrogens with two attached hydrogens (primary N) is 1. The van der Waals surface area contributed by atoms with Crippen LogP contribution in [0.5, 0.6) is 0 Å². The summed E-state index contributed by atoms with van der Waals surface area (Å²) in [5.41, 5.74) is 6.81. The van der Waals surface area contributed by atoms with Gasteiger partial charge in [0.15, 0.2) is 0 Å². The quantitative estimate of drug-likeness (QED) is 0.788. The zero-order chi connectivity index (χ0) is 15.1. The van der Waals surface area contributed by atoms with Crippen molar-refractivity contribution in [3.63, 3.8) is 0 Å². The smallest absolute Gasteiger partial charge is 0.223 e. The first-order valence-electron chi connectivity index (χ1n) is 7.78. The van der Waals surface area contributed by atoms with Crippen LogP contribution in [0.2, 0.25) is 0 Å². The average Bonchev–Trinajstić information content (AvgIpc) is 3.00. The summed E-state index contributed by atoms with van der Waals surface area (Å²) >= 11 is 4.96. The lowest BCUT2D eigenvalue weighted by Crippen LogP contribution is -2.40. The lowest BCUT2D eigenvalue weighted by molar-refractivity contribution is -0.133. The monoisotopic (exact) mass is 304 g/mol. The van der Waals surface area contributed by atoms with Gasteiger partial charge in [-0.15, -0.1) is 0 Å². The third-order valence-electron chi connectivity index (χ3n) is 4.16. The normalized spacial score (nSPS) is 15.0. The van der Waals surface area contributed by atoms with Crippen LogP contribution in [-0.2, 0) is 11.2 Å². The average molecular weight is 304 g/mol. The third-order valence-corrected chi connectivity index (χ3v) is 4.36. The molecule has 0 bridgehead atoms. The summed E-state index contributed by atoms with van der Waals surface area (Å²) in [5.74, 6) is 0.238. The molecule has 1 aromatic rings. The number of aryl methyl sites for hydroxylation is 1. The van der Waals surface area contributed by atoms with E-state index in [-0.39, 0.29) is 5.91 Å². The van der Waals surface area contributed by atoms with Crippen LogP contribution >= 0.6 is 12.2 Å². The molecule has 0 radical (unpaired) electrons. The lowest BCUT2D eigenvalue weighted by Gasteiger charge is -2.29. The molecule has 3 nitrogen and oxygen atoms in total. The fraction of sp³-hybridized carbons (Fsp3) is 0.529. The molecule has 1 aliphatic carbocycles. The first-order chi connectivity index (χ1) is 10.2. The molecular formula is C17H24N2OS. The van der Waals surface area contributed by atoms with E-state index >= 15 is 0 Å². The second-order valence-electron chi connectivity index (χ2n) is 5.73. The zero-order valence-electron chi connectivity index (χ0n) is 12.5. The van der Waals surface area contributed by atoms with Gasteiger partial charge in [-0.25, -0.2) is 0 Å². The maximum atomic E-state index is 12.6. The lowest BCUT2D eigenvalue weighted by atomic mass is 10.1. The fourth-order valence-electron chi connectivity index (χ4n) is 3.00. The number of benzene rings is 1. The zero-order valence-corrected chi connectivity index (χ0v) is 13.3. The topological polar surface area (TPSA) is 46.3 Å². The predicted molar refractivity (Wildman–Crippen MR) is 90.1 cm³/mol. The van der Waals surface area contributed by atoms with Gasteiger partial charge in [0.1, 0.15) is 0 Å². The van der Waals surface area contributed by atoms with Crippen molar-refractivity contribution in [2.45, 2.75) is 51.0 Å². The number of amides is 1. The number of carbonyl (C=O) groups excluding carboxylic acids is 1. The molecule has 0 aromatic heterocycles. The summed E-state index contributed by atoms with van der Waals surface area (Å²) in [4.78, 5) is 15.1. The summed E-state index contributed by atoms with van der Waals surface area (Å²) in [6.45, 7) is 0.674. The molecule has 1 saturated carbocycles. The van der Waals surface area contributed by atoms with E-state index in [0.29, 0.717) is 30.4 Å². The van der Waals surface area contributed by atoms with Crippen molar-refractivity contribution in [1.29, 1.82) is 0 Å². The van der Waals surface area contributed by atoms with Gasteiger partial charge < -0.3 is 10.6 Å². The minimum absolute atomic E-state index is 0.238. The highest BCUT2D eigenvalue weighted by atomic mass is 32.1. The molecule has 1 amide bonds. The van der Waals surface area contributed by atoms with E-state index in [9.17, 15) is 4.79 Å². The minimum atomic E-state index is 0.238. The van der Waals surface area contributed by atoms with Gasteiger partial charge in [0.25, 0.3) is 0 Å². The number of thiocarbonyl (C=S) groups is 1. The molecule has 0 spiro atoms. The third kappa shape index (κ3) is 5.12. The van der Waals surface area contributed by atoms with Crippen LogP contribution in [0.3, 0.4) is 0 Å². The molecule has 0 unspecified atom stereocenters. The molecule has 0 heterocycles. The fourth-order valence-corrected chi connectivity index (χ4v) is 3.09. The Morgan fingerprint density at radius 1 is 1.19 bits per heavy atom. The van der Waals surface area contributed by atoms with Crippen molar-refractivity contribution in [2.75, 3.05) is 6.54 Å². The SMILES string of the molecule is NC(=S)CCN(C(=O)CCc1ccccc1)C1CCCC1. The molecule has 21 heavy (non-hydrogen) atoms. The predicted octanol–water partition coefficient (Wildman–Crippen LogP) is 3.07. The number of rotatable bonds is 7. The Labute approximate surface area is 132 Å². The standard InChI is InChI=1S/C17H24N2OS/c18-16(21)12-13-19(15-8-4-5-9-15)17(20)11-10-14-6-2-1-3-7-14/h1-3,6-7,15H,4-5,8-13H2,(H2,18,21). The molecule has 4 heteroatoms. The summed E-state index contributed by atoms with van der Waals surface area (Å²) in [6.07, 6.45) is 6.68. The van der Waals surface area contributed by atoms with Crippen LogP contribution in [-0.4, -0.2) is 28.4 Å². The van der Waals surface area contributed by atoms with Gasteiger partial charge in [-0.1, -0.05) is 55.4 Å². The largest absolute Gasteiger partial charge is 0.393 e.